The van der Waals surface area contributed by atoms with Gasteiger partial charge in [0, 0.05) is 15.5 Å². The van der Waals surface area contributed by atoms with Gasteiger partial charge in [0.1, 0.15) is 5.75 Å². The Morgan fingerprint density at radius 1 is 1.39 bits per heavy atom. The summed E-state index contributed by atoms with van der Waals surface area (Å²) in [4.78, 5) is 1.10. The van der Waals surface area contributed by atoms with Gasteiger partial charge in [0.25, 0.3) is 0 Å². The van der Waals surface area contributed by atoms with E-state index < -0.39 is 0 Å². The Kier molecular flexibility index (Phi) is 4.33. The lowest BCUT2D eigenvalue weighted by Crippen LogP contribution is -2.11. The van der Waals surface area contributed by atoms with E-state index in [-0.39, 0.29) is 6.04 Å². The first-order valence-electron chi connectivity index (χ1n) is 5.37. The van der Waals surface area contributed by atoms with Crippen molar-refractivity contribution < 1.29 is 4.74 Å². The second-order valence-corrected chi connectivity index (χ2v) is 6.81. The molecular weight excluding hydrogens is 334 g/mol. The van der Waals surface area contributed by atoms with Crippen molar-refractivity contribution in [3.8, 4) is 5.75 Å². The molecule has 96 valence electrons. The lowest BCUT2D eigenvalue weighted by molar-refractivity contribution is 0.408. The minimum Gasteiger partial charge on any atom is -0.496 e. The van der Waals surface area contributed by atoms with Gasteiger partial charge in [-0.05, 0) is 46.6 Å². The molecule has 2 aromatic rings. The van der Waals surface area contributed by atoms with E-state index in [1.165, 1.54) is 5.56 Å². The van der Waals surface area contributed by atoms with Crippen molar-refractivity contribution in [2.24, 2.45) is 5.73 Å². The summed E-state index contributed by atoms with van der Waals surface area (Å²) in [5.41, 5.74) is 8.42. The number of rotatable bonds is 3. The molecule has 2 N–H and O–H groups in total. The topological polar surface area (TPSA) is 35.2 Å². The number of benzene rings is 1. The molecule has 0 aliphatic carbocycles. The fourth-order valence-corrected chi connectivity index (χ4v) is 3.49. The standard InChI is InChI=1S/C13H13BrClNOS/c1-7-5-11(18-13(7)14)12(16)9-4-3-8(15)6-10(9)17-2/h3-6,12H,16H2,1-2H3. The molecule has 0 aliphatic rings. The molecule has 0 spiro atoms. The first-order chi connectivity index (χ1) is 8.52. The van der Waals surface area contributed by atoms with Crippen LogP contribution in [0.3, 0.4) is 0 Å². The van der Waals surface area contributed by atoms with Crippen molar-refractivity contribution in [3.63, 3.8) is 0 Å². The Bertz CT molecular complexity index is 551. The predicted molar refractivity (Wildman–Crippen MR) is 80.8 cm³/mol. The fraction of sp³-hybridized carbons (Fsp3) is 0.231. The van der Waals surface area contributed by atoms with Crippen molar-refractivity contribution in [1.82, 2.24) is 0 Å². The first kappa shape index (κ1) is 13.9. The van der Waals surface area contributed by atoms with E-state index in [4.69, 9.17) is 22.1 Å². The summed E-state index contributed by atoms with van der Waals surface area (Å²) in [6, 6.07) is 7.41. The van der Waals surface area contributed by atoms with Gasteiger partial charge in [-0.25, -0.2) is 0 Å². The van der Waals surface area contributed by atoms with Crippen molar-refractivity contribution in [2.45, 2.75) is 13.0 Å². The Morgan fingerprint density at radius 2 is 2.11 bits per heavy atom. The van der Waals surface area contributed by atoms with Crippen LogP contribution in [0.4, 0.5) is 0 Å². The Morgan fingerprint density at radius 3 is 2.67 bits per heavy atom. The predicted octanol–water partition coefficient (Wildman–Crippen LogP) is 4.53. The van der Waals surface area contributed by atoms with Crippen LogP contribution < -0.4 is 10.5 Å². The largest absolute Gasteiger partial charge is 0.496 e. The zero-order chi connectivity index (χ0) is 13.3. The van der Waals surface area contributed by atoms with Crippen molar-refractivity contribution in [3.05, 3.63) is 49.1 Å². The van der Waals surface area contributed by atoms with Gasteiger partial charge in [0.15, 0.2) is 0 Å². The highest BCUT2D eigenvalue weighted by molar-refractivity contribution is 9.11. The first-order valence-corrected chi connectivity index (χ1v) is 7.36. The number of nitrogens with two attached hydrogens (primary N) is 1. The van der Waals surface area contributed by atoms with Crippen LogP contribution >= 0.6 is 38.9 Å². The smallest absolute Gasteiger partial charge is 0.125 e. The van der Waals surface area contributed by atoms with Gasteiger partial charge in [-0.2, -0.15) is 0 Å². The van der Waals surface area contributed by atoms with Gasteiger partial charge < -0.3 is 10.5 Å². The van der Waals surface area contributed by atoms with Gasteiger partial charge in [0.2, 0.25) is 0 Å². The van der Waals surface area contributed by atoms with E-state index in [0.717, 1.165) is 20.0 Å². The van der Waals surface area contributed by atoms with Crippen LogP contribution in [0.2, 0.25) is 5.02 Å². The van der Waals surface area contributed by atoms with Crippen molar-refractivity contribution in [2.75, 3.05) is 7.11 Å². The molecule has 0 radical (unpaired) electrons. The molecule has 18 heavy (non-hydrogen) atoms. The lowest BCUT2D eigenvalue weighted by atomic mass is 10.0. The van der Waals surface area contributed by atoms with Crippen LogP contribution in [0, 0.1) is 6.92 Å². The summed E-state index contributed by atoms with van der Waals surface area (Å²) >= 11 is 11.1. The molecular formula is C13H13BrClNOS. The van der Waals surface area contributed by atoms with Crippen LogP contribution in [0.25, 0.3) is 0 Å². The summed E-state index contributed by atoms with van der Waals surface area (Å²) in [6.45, 7) is 2.05. The van der Waals surface area contributed by atoms with E-state index in [9.17, 15) is 0 Å². The number of aryl methyl sites for hydroxylation is 1. The summed E-state index contributed by atoms with van der Waals surface area (Å²) in [6.07, 6.45) is 0. The average Bonchev–Trinajstić information content (AvgIpc) is 2.68. The Labute approximate surface area is 124 Å². The minimum atomic E-state index is -0.202. The van der Waals surface area contributed by atoms with E-state index in [1.54, 1.807) is 24.5 Å². The van der Waals surface area contributed by atoms with E-state index in [2.05, 4.69) is 28.9 Å². The zero-order valence-electron chi connectivity index (χ0n) is 10.0. The molecule has 0 amide bonds. The van der Waals surface area contributed by atoms with E-state index >= 15 is 0 Å². The lowest BCUT2D eigenvalue weighted by Gasteiger charge is -2.14. The molecule has 0 saturated carbocycles. The maximum Gasteiger partial charge on any atom is 0.125 e. The number of thiophene rings is 1. The molecule has 1 atom stereocenters. The molecule has 1 aromatic heterocycles. The summed E-state index contributed by atoms with van der Waals surface area (Å²) < 4.78 is 6.45. The third-order valence-corrected chi connectivity index (χ3v) is 5.17. The van der Waals surface area contributed by atoms with Crippen LogP contribution in [-0.2, 0) is 0 Å². The molecule has 5 heteroatoms. The SMILES string of the molecule is COc1cc(Cl)ccc1C(N)c1cc(C)c(Br)s1. The number of hydrogen-bond acceptors (Lipinski definition) is 3. The van der Waals surface area contributed by atoms with Gasteiger partial charge in [-0.3, -0.25) is 0 Å². The molecule has 2 nitrogen and oxygen atoms in total. The van der Waals surface area contributed by atoms with Crippen LogP contribution in [0.5, 0.6) is 5.75 Å². The molecule has 0 saturated heterocycles. The van der Waals surface area contributed by atoms with E-state index in [1.807, 2.05) is 12.1 Å². The summed E-state index contributed by atoms with van der Waals surface area (Å²) in [5.74, 6) is 0.720. The third kappa shape index (κ3) is 2.72. The zero-order valence-corrected chi connectivity index (χ0v) is 13.2. The summed E-state index contributed by atoms with van der Waals surface area (Å²) in [7, 11) is 1.62. The normalized spacial score (nSPS) is 12.5. The summed E-state index contributed by atoms with van der Waals surface area (Å²) in [5, 5.41) is 0.645. The van der Waals surface area contributed by atoms with Crippen LogP contribution in [0.1, 0.15) is 22.0 Å². The molecule has 1 unspecified atom stereocenters. The molecule has 1 heterocycles. The Hall–Kier alpha value is -0.550. The Balaban J connectivity index is 2.42. The number of halogens is 2. The molecule has 0 fully saturated rings. The number of hydrogen-bond donors (Lipinski definition) is 1. The van der Waals surface area contributed by atoms with E-state index in [0.29, 0.717) is 5.02 Å². The molecule has 0 bridgehead atoms. The fourth-order valence-electron chi connectivity index (χ4n) is 1.73. The average molecular weight is 347 g/mol. The van der Waals surface area contributed by atoms with Gasteiger partial charge in [-0.1, -0.05) is 17.7 Å². The minimum absolute atomic E-state index is 0.202. The molecule has 2 rings (SSSR count). The van der Waals surface area contributed by atoms with Gasteiger partial charge in [-0.15, -0.1) is 11.3 Å². The van der Waals surface area contributed by atoms with Crippen molar-refractivity contribution >= 4 is 38.9 Å². The van der Waals surface area contributed by atoms with Crippen LogP contribution in [-0.4, -0.2) is 7.11 Å². The van der Waals surface area contributed by atoms with Crippen molar-refractivity contribution in [1.29, 1.82) is 0 Å². The third-order valence-electron chi connectivity index (χ3n) is 2.71. The van der Waals surface area contributed by atoms with Crippen LogP contribution in [0.15, 0.2) is 28.1 Å². The van der Waals surface area contributed by atoms with Gasteiger partial charge >= 0.3 is 0 Å². The highest BCUT2D eigenvalue weighted by atomic mass is 79.9. The second kappa shape index (κ2) is 5.61. The second-order valence-electron chi connectivity index (χ2n) is 3.97. The maximum absolute atomic E-state index is 6.29. The maximum atomic E-state index is 6.29. The molecule has 0 aliphatic heterocycles. The van der Waals surface area contributed by atoms with Gasteiger partial charge in [0.05, 0.1) is 16.9 Å². The number of methoxy groups -OCH3 is 1. The monoisotopic (exact) mass is 345 g/mol. The molecule has 1 aromatic carbocycles. The highest BCUT2D eigenvalue weighted by Gasteiger charge is 2.17. The quantitative estimate of drug-likeness (QED) is 0.886. The number of ether oxygens (including phenoxy) is 1. The highest BCUT2D eigenvalue weighted by Crippen LogP contribution is 2.36.